The lowest BCUT2D eigenvalue weighted by Gasteiger charge is -2.26. The molecule has 1 fully saturated rings. The minimum absolute atomic E-state index is 0.135. The molecule has 1 aliphatic carbocycles. The Morgan fingerprint density at radius 2 is 2.05 bits per heavy atom. The van der Waals surface area contributed by atoms with Crippen molar-refractivity contribution in [3.8, 4) is 0 Å². The molecule has 0 aliphatic heterocycles. The number of anilines is 1. The van der Waals surface area contributed by atoms with Crippen molar-refractivity contribution in [1.29, 1.82) is 0 Å². The fourth-order valence-corrected chi connectivity index (χ4v) is 3.21. The van der Waals surface area contributed by atoms with Gasteiger partial charge in [-0.05, 0) is 78.7 Å². The van der Waals surface area contributed by atoms with Crippen molar-refractivity contribution in [1.82, 2.24) is 0 Å². The maximum atomic E-state index is 12.2. The first-order chi connectivity index (χ1) is 9.10. The van der Waals surface area contributed by atoms with E-state index < -0.39 is 0 Å². The van der Waals surface area contributed by atoms with Crippen molar-refractivity contribution in [3.63, 3.8) is 0 Å². The summed E-state index contributed by atoms with van der Waals surface area (Å²) in [6.45, 7) is 2.78. The SMILES string of the molecule is Cc1ccc(NC(=O)C2CCC(CN)CC2)c(Br)c1. The fourth-order valence-electron chi connectivity index (χ4n) is 2.62. The molecule has 3 N–H and O–H groups in total. The molecule has 104 valence electrons. The Morgan fingerprint density at radius 3 is 2.63 bits per heavy atom. The van der Waals surface area contributed by atoms with Gasteiger partial charge in [0.1, 0.15) is 0 Å². The first-order valence-electron chi connectivity index (χ1n) is 6.87. The number of hydrogen-bond acceptors (Lipinski definition) is 2. The molecule has 3 nitrogen and oxygen atoms in total. The van der Waals surface area contributed by atoms with E-state index in [2.05, 4.69) is 21.2 Å². The molecule has 4 heteroatoms. The van der Waals surface area contributed by atoms with Crippen LogP contribution in [-0.4, -0.2) is 12.5 Å². The zero-order valence-corrected chi connectivity index (χ0v) is 12.9. The summed E-state index contributed by atoms with van der Waals surface area (Å²) < 4.78 is 0.941. The van der Waals surface area contributed by atoms with E-state index in [0.29, 0.717) is 5.92 Å². The van der Waals surface area contributed by atoms with Gasteiger partial charge in [0.25, 0.3) is 0 Å². The number of carbonyl (C=O) groups is 1. The number of nitrogens with one attached hydrogen (secondary N) is 1. The van der Waals surface area contributed by atoms with Gasteiger partial charge in [0.2, 0.25) is 5.91 Å². The van der Waals surface area contributed by atoms with Crippen LogP contribution < -0.4 is 11.1 Å². The third kappa shape index (κ3) is 3.80. The summed E-state index contributed by atoms with van der Waals surface area (Å²) in [6.07, 6.45) is 4.06. The Kier molecular flexibility index (Phi) is 4.99. The molecule has 0 heterocycles. The molecular weight excluding hydrogens is 304 g/mol. The van der Waals surface area contributed by atoms with Crippen LogP contribution in [-0.2, 0) is 4.79 Å². The van der Waals surface area contributed by atoms with Crippen LogP contribution in [0.15, 0.2) is 22.7 Å². The summed E-state index contributed by atoms with van der Waals surface area (Å²) in [7, 11) is 0. The quantitative estimate of drug-likeness (QED) is 0.894. The van der Waals surface area contributed by atoms with E-state index in [9.17, 15) is 4.79 Å². The second-order valence-corrected chi connectivity index (χ2v) is 6.28. The maximum absolute atomic E-state index is 12.2. The molecule has 0 spiro atoms. The van der Waals surface area contributed by atoms with Gasteiger partial charge < -0.3 is 11.1 Å². The van der Waals surface area contributed by atoms with Crippen LogP contribution in [0.4, 0.5) is 5.69 Å². The molecule has 2 rings (SSSR count). The van der Waals surface area contributed by atoms with E-state index in [1.165, 1.54) is 5.56 Å². The van der Waals surface area contributed by atoms with E-state index in [1.54, 1.807) is 0 Å². The van der Waals surface area contributed by atoms with Crippen LogP contribution in [0.1, 0.15) is 31.2 Å². The summed E-state index contributed by atoms with van der Waals surface area (Å²) >= 11 is 3.49. The smallest absolute Gasteiger partial charge is 0.227 e. The molecule has 1 aliphatic rings. The first kappa shape index (κ1) is 14.5. The molecule has 0 unspecified atom stereocenters. The van der Waals surface area contributed by atoms with Crippen LogP contribution in [0.5, 0.6) is 0 Å². The number of halogens is 1. The molecular formula is C15H21BrN2O. The van der Waals surface area contributed by atoms with Crippen molar-refractivity contribution in [3.05, 3.63) is 28.2 Å². The highest BCUT2D eigenvalue weighted by molar-refractivity contribution is 9.10. The van der Waals surface area contributed by atoms with Crippen molar-refractivity contribution in [2.75, 3.05) is 11.9 Å². The van der Waals surface area contributed by atoms with E-state index in [0.717, 1.165) is 42.4 Å². The van der Waals surface area contributed by atoms with Gasteiger partial charge in [0, 0.05) is 10.4 Å². The molecule has 0 atom stereocenters. The molecule has 0 radical (unpaired) electrons. The number of hydrogen-bond donors (Lipinski definition) is 2. The van der Waals surface area contributed by atoms with E-state index in [1.807, 2.05) is 25.1 Å². The first-order valence-corrected chi connectivity index (χ1v) is 7.66. The van der Waals surface area contributed by atoms with Crippen molar-refractivity contribution in [2.24, 2.45) is 17.6 Å². The number of carbonyl (C=O) groups excluding carboxylic acids is 1. The highest BCUT2D eigenvalue weighted by atomic mass is 79.9. The van der Waals surface area contributed by atoms with Crippen molar-refractivity contribution >= 4 is 27.5 Å². The van der Waals surface area contributed by atoms with Gasteiger partial charge >= 0.3 is 0 Å². The third-order valence-corrected chi connectivity index (χ3v) is 4.59. The van der Waals surface area contributed by atoms with Gasteiger partial charge in [-0.1, -0.05) is 6.07 Å². The molecule has 0 bridgehead atoms. The fraction of sp³-hybridized carbons (Fsp3) is 0.533. The minimum Gasteiger partial charge on any atom is -0.330 e. The molecule has 19 heavy (non-hydrogen) atoms. The Morgan fingerprint density at radius 1 is 1.37 bits per heavy atom. The molecule has 1 amide bonds. The third-order valence-electron chi connectivity index (χ3n) is 3.93. The standard InChI is InChI=1S/C15H21BrN2O/c1-10-2-7-14(13(16)8-10)18-15(19)12-5-3-11(9-17)4-6-12/h2,7-8,11-12H,3-6,9,17H2,1H3,(H,18,19). The summed E-state index contributed by atoms with van der Waals surface area (Å²) in [5.41, 5.74) is 7.71. The van der Waals surface area contributed by atoms with E-state index in [-0.39, 0.29) is 11.8 Å². The number of aryl methyl sites for hydroxylation is 1. The summed E-state index contributed by atoms with van der Waals surface area (Å²) in [6, 6.07) is 5.97. The van der Waals surface area contributed by atoms with E-state index >= 15 is 0 Å². The Labute approximate surface area is 123 Å². The van der Waals surface area contributed by atoms with Gasteiger partial charge in [0.05, 0.1) is 5.69 Å². The highest BCUT2D eigenvalue weighted by Gasteiger charge is 2.25. The largest absolute Gasteiger partial charge is 0.330 e. The average Bonchev–Trinajstić information content (AvgIpc) is 2.42. The lowest BCUT2D eigenvalue weighted by molar-refractivity contribution is -0.121. The predicted molar refractivity (Wildman–Crippen MR) is 82.0 cm³/mol. The van der Waals surface area contributed by atoms with Gasteiger partial charge in [-0.15, -0.1) is 0 Å². The second-order valence-electron chi connectivity index (χ2n) is 5.43. The number of nitrogens with two attached hydrogens (primary N) is 1. The number of rotatable bonds is 3. The Bertz CT molecular complexity index is 453. The van der Waals surface area contributed by atoms with Crippen LogP contribution in [0.2, 0.25) is 0 Å². The normalized spacial score (nSPS) is 23.1. The zero-order chi connectivity index (χ0) is 13.8. The minimum atomic E-state index is 0.135. The molecule has 1 saturated carbocycles. The Balaban J connectivity index is 1.94. The lowest BCUT2D eigenvalue weighted by atomic mass is 9.81. The molecule has 1 aromatic carbocycles. The Hall–Kier alpha value is -0.870. The number of amides is 1. The van der Waals surface area contributed by atoms with Crippen LogP contribution in [0.25, 0.3) is 0 Å². The average molecular weight is 325 g/mol. The van der Waals surface area contributed by atoms with Gasteiger partial charge in [-0.3, -0.25) is 4.79 Å². The van der Waals surface area contributed by atoms with Crippen LogP contribution >= 0.6 is 15.9 Å². The maximum Gasteiger partial charge on any atom is 0.227 e. The number of benzene rings is 1. The predicted octanol–water partition coefficient (Wildman–Crippen LogP) is 3.46. The van der Waals surface area contributed by atoms with Crippen molar-refractivity contribution < 1.29 is 4.79 Å². The zero-order valence-electron chi connectivity index (χ0n) is 11.3. The highest BCUT2D eigenvalue weighted by Crippen LogP contribution is 2.30. The lowest BCUT2D eigenvalue weighted by Crippen LogP contribution is -2.29. The van der Waals surface area contributed by atoms with Gasteiger partial charge in [-0.2, -0.15) is 0 Å². The molecule has 1 aromatic rings. The second kappa shape index (κ2) is 6.53. The van der Waals surface area contributed by atoms with Gasteiger partial charge in [0.15, 0.2) is 0 Å². The van der Waals surface area contributed by atoms with Gasteiger partial charge in [-0.25, -0.2) is 0 Å². The van der Waals surface area contributed by atoms with Crippen LogP contribution in [0.3, 0.4) is 0 Å². The van der Waals surface area contributed by atoms with E-state index in [4.69, 9.17) is 5.73 Å². The van der Waals surface area contributed by atoms with Crippen LogP contribution in [0, 0.1) is 18.8 Å². The molecule has 0 aromatic heterocycles. The summed E-state index contributed by atoms with van der Waals surface area (Å²) in [4.78, 5) is 12.2. The monoisotopic (exact) mass is 324 g/mol. The summed E-state index contributed by atoms with van der Waals surface area (Å²) in [5, 5.41) is 3.02. The molecule has 0 saturated heterocycles. The summed E-state index contributed by atoms with van der Waals surface area (Å²) in [5.74, 6) is 0.881. The topological polar surface area (TPSA) is 55.1 Å². The van der Waals surface area contributed by atoms with Crippen molar-refractivity contribution in [2.45, 2.75) is 32.6 Å².